The number of nitrogens with zero attached hydrogens (tertiary/aromatic N) is 1. The molecule has 0 saturated heterocycles. The molecule has 1 unspecified atom stereocenters. The molecule has 22 heavy (non-hydrogen) atoms. The molecule has 2 aromatic carbocycles. The van der Waals surface area contributed by atoms with E-state index in [9.17, 15) is 10.1 Å². The van der Waals surface area contributed by atoms with E-state index >= 15 is 0 Å². The minimum Gasteiger partial charge on any atom is -0.330 e. The van der Waals surface area contributed by atoms with Crippen LogP contribution in [0.25, 0.3) is 0 Å². The third-order valence-electron chi connectivity index (χ3n) is 4.06. The highest BCUT2D eigenvalue weighted by atomic mass is 16.6. The van der Waals surface area contributed by atoms with Crippen molar-refractivity contribution in [3.63, 3.8) is 0 Å². The average Bonchev–Trinajstić information content (AvgIpc) is 2.45. The molecular weight excluding hydrogens is 276 g/mol. The van der Waals surface area contributed by atoms with Crippen molar-refractivity contribution in [3.8, 4) is 0 Å². The molecule has 4 nitrogen and oxygen atoms in total. The third-order valence-corrected chi connectivity index (χ3v) is 4.06. The Balaban J connectivity index is 2.28. The Labute approximate surface area is 131 Å². The number of nitrogens with two attached hydrogens (primary N) is 1. The van der Waals surface area contributed by atoms with Crippen LogP contribution in [0.4, 0.5) is 5.69 Å². The Morgan fingerprint density at radius 1 is 1.09 bits per heavy atom. The van der Waals surface area contributed by atoms with Crippen molar-refractivity contribution in [2.24, 2.45) is 5.73 Å². The fraction of sp³-hybridized carbons (Fsp3) is 0.333. The number of hydrogen-bond donors (Lipinski definition) is 1. The highest BCUT2D eigenvalue weighted by Gasteiger charge is 2.16. The number of nitro groups is 1. The second-order valence-corrected chi connectivity index (χ2v) is 5.87. The first-order valence-electron chi connectivity index (χ1n) is 7.43. The van der Waals surface area contributed by atoms with Crippen molar-refractivity contribution in [2.45, 2.75) is 33.1 Å². The quantitative estimate of drug-likeness (QED) is 0.674. The lowest BCUT2D eigenvalue weighted by atomic mass is 9.85. The second kappa shape index (κ2) is 6.71. The number of benzene rings is 2. The van der Waals surface area contributed by atoms with Gasteiger partial charge in [0.15, 0.2) is 0 Å². The standard InChI is InChI=1S/C18H22N2O2/c1-12-8-13(2)18(14(3)9-12)16(11-19)10-15-4-6-17(7-5-15)20(21)22/h4-9,16H,10-11,19H2,1-3H3. The Morgan fingerprint density at radius 3 is 2.09 bits per heavy atom. The molecule has 0 bridgehead atoms. The molecule has 0 heterocycles. The van der Waals surface area contributed by atoms with Crippen molar-refractivity contribution in [2.75, 3.05) is 6.54 Å². The molecule has 0 spiro atoms. The molecule has 116 valence electrons. The molecule has 1 atom stereocenters. The monoisotopic (exact) mass is 298 g/mol. The van der Waals surface area contributed by atoms with Crippen molar-refractivity contribution < 1.29 is 4.92 Å². The molecule has 0 aliphatic heterocycles. The molecule has 0 saturated carbocycles. The largest absolute Gasteiger partial charge is 0.330 e. The molecule has 0 aliphatic carbocycles. The van der Waals surface area contributed by atoms with Crippen LogP contribution in [0.1, 0.15) is 33.7 Å². The summed E-state index contributed by atoms with van der Waals surface area (Å²) in [6.45, 7) is 6.89. The van der Waals surface area contributed by atoms with Gasteiger partial charge in [-0.25, -0.2) is 0 Å². The maximum absolute atomic E-state index is 10.7. The molecule has 0 aromatic heterocycles. The van der Waals surface area contributed by atoms with Crippen LogP contribution in [-0.4, -0.2) is 11.5 Å². The summed E-state index contributed by atoms with van der Waals surface area (Å²) >= 11 is 0. The van der Waals surface area contributed by atoms with Gasteiger partial charge >= 0.3 is 0 Å². The van der Waals surface area contributed by atoms with Gasteiger partial charge in [-0.2, -0.15) is 0 Å². The summed E-state index contributed by atoms with van der Waals surface area (Å²) in [5.74, 6) is 0.224. The fourth-order valence-electron chi connectivity index (χ4n) is 3.18. The molecule has 4 heteroatoms. The predicted molar refractivity (Wildman–Crippen MR) is 89.2 cm³/mol. The zero-order valence-corrected chi connectivity index (χ0v) is 13.3. The van der Waals surface area contributed by atoms with Crippen LogP contribution in [-0.2, 0) is 6.42 Å². The molecule has 0 radical (unpaired) electrons. The SMILES string of the molecule is Cc1cc(C)c(C(CN)Cc2ccc([N+](=O)[O-])cc2)c(C)c1. The van der Waals surface area contributed by atoms with E-state index in [4.69, 9.17) is 5.73 Å². The maximum Gasteiger partial charge on any atom is 0.269 e. The Bertz CT molecular complexity index is 655. The van der Waals surface area contributed by atoms with Gasteiger partial charge in [0, 0.05) is 18.1 Å². The summed E-state index contributed by atoms with van der Waals surface area (Å²) < 4.78 is 0. The number of non-ortho nitro benzene ring substituents is 1. The first-order chi connectivity index (χ1) is 10.4. The van der Waals surface area contributed by atoms with Gasteiger partial charge in [0.2, 0.25) is 0 Å². The lowest BCUT2D eigenvalue weighted by Crippen LogP contribution is -2.17. The van der Waals surface area contributed by atoms with Crippen LogP contribution < -0.4 is 5.73 Å². The van der Waals surface area contributed by atoms with Gasteiger partial charge < -0.3 is 5.73 Å². The molecule has 0 amide bonds. The molecule has 0 aliphatic rings. The number of rotatable bonds is 5. The molecular formula is C18H22N2O2. The Kier molecular flexibility index (Phi) is 4.93. The Hall–Kier alpha value is -2.20. The predicted octanol–water partition coefficient (Wildman–Crippen LogP) is 3.81. The van der Waals surface area contributed by atoms with E-state index < -0.39 is 0 Å². The summed E-state index contributed by atoms with van der Waals surface area (Å²) in [5, 5.41) is 10.7. The van der Waals surface area contributed by atoms with Crippen LogP contribution in [0.15, 0.2) is 36.4 Å². The zero-order valence-electron chi connectivity index (χ0n) is 13.3. The number of aryl methyl sites for hydroxylation is 3. The summed E-state index contributed by atoms with van der Waals surface area (Å²) in [6, 6.07) is 11.1. The Morgan fingerprint density at radius 2 is 1.64 bits per heavy atom. The lowest BCUT2D eigenvalue weighted by molar-refractivity contribution is -0.384. The van der Waals surface area contributed by atoms with E-state index in [-0.39, 0.29) is 16.5 Å². The van der Waals surface area contributed by atoms with E-state index in [1.807, 2.05) is 12.1 Å². The van der Waals surface area contributed by atoms with Crippen molar-refractivity contribution in [3.05, 3.63) is 74.3 Å². The summed E-state index contributed by atoms with van der Waals surface area (Å²) in [4.78, 5) is 10.3. The van der Waals surface area contributed by atoms with E-state index in [1.165, 1.54) is 22.3 Å². The number of nitro benzene ring substituents is 1. The van der Waals surface area contributed by atoms with Crippen LogP contribution in [0.5, 0.6) is 0 Å². The second-order valence-electron chi connectivity index (χ2n) is 5.87. The lowest BCUT2D eigenvalue weighted by Gasteiger charge is -2.21. The van der Waals surface area contributed by atoms with E-state index in [2.05, 4.69) is 32.9 Å². The van der Waals surface area contributed by atoms with Gasteiger partial charge in [0.05, 0.1) is 4.92 Å². The van der Waals surface area contributed by atoms with Crippen LogP contribution >= 0.6 is 0 Å². The summed E-state index contributed by atoms with van der Waals surface area (Å²) in [5.41, 5.74) is 12.3. The topological polar surface area (TPSA) is 69.2 Å². The van der Waals surface area contributed by atoms with Crippen molar-refractivity contribution >= 4 is 5.69 Å². The molecule has 0 fully saturated rings. The normalized spacial score (nSPS) is 12.2. The highest BCUT2D eigenvalue weighted by Crippen LogP contribution is 2.28. The first-order valence-corrected chi connectivity index (χ1v) is 7.43. The van der Waals surface area contributed by atoms with Crippen LogP contribution in [0.2, 0.25) is 0 Å². The summed E-state index contributed by atoms with van der Waals surface area (Å²) in [6.07, 6.45) is 0.791. The van der Waals surface area contributed by atoms with Gasteiger partial charge in [-0.15, -0.1) is 0 Å². The molecule has 2 aromatic rings. The van der Waals surface area contributed by atoms with Crippen LogP contribution in [0.3, 0.4) is 0 Å². The van der Waals surface area contributed by atoms with E-state index in [0.29, 0.717) is 6.54 Å². The van der Waals surface area contributed by atoms with Gasteiger partial charge in [-0.1, -0.05) is 29.8 Å². The van der Waals surface area contributed by atoms with Gasteiger partial charge in [0.1, 0.15) is 0 Å². The van der Waals surface area contributed by atoms with Gasteiger partial charge in [0.25, 0.3) is 5.69 Å². The average molecular weight is 298 g/mol. The highest BCUT2D eigenvalue weighted by molar-refractivity contribution is 5.41. The van der Waals surface area contributed by atoms with Gasteiger partial charge in [-0.3, -0.25) is 10.1 Å². The van der Waals surface area contributed by atoms with E-state index in [0.717, 1.165) is 12.0 Å². The molecule has 2 rings (SSSR count). The van der Waals surface area contributed by atoms with Gasteiger partial charge in [-0.05, 0) is 56.0 Å². The first kappa shape index (κ1) is 16.2. The molecule has 2 N–H and O–H groups in total. The van der Waals surface area contributed by atoms with Crippen LogP contribution in [0, 0.1) is 30.9 Å². The van der Waals surface area contributed by atoms with E-state index in [1.54, 1.807) is 12.1 Å². The fourth-order valence-corrected chi connectivity index (χ4v) is 3.18. The minimum atomic E-state index is -0.377. The smallest absolute Gasteiger partial charge is 0.269 e. The van der Waals surface area contributed by atoms with Crippen molar-refractivity contribution in [1.82, 2.24) is 0 Å². The van der Waals surface area contributed by atoms with Crippen molar-refractivity contribution in [1.29, 1.82) is 0 Å². The summed E-state index contributed by atoms with van der Waals surface area (Å²) in [7, 11) is 0. The maximum atomic E-state index is 10.7. The zero-order chi connectivity index (χ0) is 16.3. The number of hydrogen-bond acceptors (Lipinski definition) is 3. The third kappa shape index (κ3) is 3.52. The minimum absolute atomic E-state index is 0.121.